The normalized spacial score (nSPS) is 10.5. The highest BCUT2D eigenvalue weighted by Gasteiger charge is 2.11. The number of nitrogens with zero attached hydrogens (tertiary/aromatic N) is 4. The predicted octanol–water partition coefficient (Wildman–Crippen LogP) is 0.00324. The van der Waals surface area contributed by atoms with E-state index >= 15 is 0 Å². The van der Waals surface area contributed by atoms with Gasteiger partial charge in [0, 0.05) is 5.38 Å². The minimum absolute atomic E-state index is 0.344. The molecule has 0 aliphatic rings. The third kappa shape index (κ3) is 2.48. The average molecular weight is 252 g/mol. The molecule has 0 fully saturated rings. The molecule has 0 radical (unpaired) electrons. The molecule has 0 saturated heterocycles. The zero-order valence-corrected chi connectivity index (χ0v) is 10.3. The van der Waals surface area contributed by atoms with Crippen molar-refractivity contribution in [3.63, 3.8) is 0 Å². The molecule has 7 nitrogen and oxygen atoms in total. The van der Waals surface area contributed by atoms with Gasteiger partial charge in [-0.05, 0) is 13.8 Å². The van der Waals surface area contributed by atoms with Crippen molar-refractivity contribution in [1.82, 2.24) is 25.2 Å². The second kappa shape index (κ2) is 4.60. The molecular formula is C9H12N6OS. The Morgan fingerprint density at radius 2 is 2.29 bits per heavy atom. The van der Waals surface area contributed by atoms with E-state index in [-0.39, 0.29) is 5.91 Å². The molecule has 0 saturated carbocycles. The summed E-state index contributed by atoms with van der Waals surface area (Å²) in [5.41, 5.74) is 2.81. The van der Waals surface area contributed by atoms with E-state index in [0.29, 0.717) is 11.6 Å². The highest BCUT2D eigenvalue weighted by Crippen LogP contribution is 2.11. The van der Waals surface area contributed by atoms with Crippen molar-refractivity contribution < 1.29 is 4.79 Å². The maximum Gasteiger partial charge on any atom is 0.294 e. The number of carbonyl (C=O) groups excluding carboxylic acids is 1. The van der Waals surface area contributed by atoms with Crippen LogP contribution in [0.2, 0.25) is 0 Å². The van der Waals surface area contributed by atoms with Crippen LogP contribution in [-0.4, -0.2) is 25.7 Å². The van der Waals surface area contributed by atoms with Gasteiger partial charge in [0.2, 0.25) is 0 Å². The standard InChI is InChI=1S/C9H12N6OS/c1-5-11-6(2)15(14-5)3-7-4-17-9(12-7)8(16)13-10/h4H,3,10H2,1-2H3,(H,13,16). The number of thiazole rings is 1. The smallest absolute Gasteiger partial charge is 0.288 e. The van der Waals surface area contributed by atoms with E-state index in [1.165, 1.54) is 11.3 Å². The maximum absolute atomic E-state index is 11.2. The number of nitrogens with one attached hydrogen (secondary N) is 1. The van der Waals surface area contributed by atoms with E-state index in [1.54, 1.807) is 10.1 Å². The molecule has 17 heavy (non-hydrogen) atoms. The van der Waals surface area contributed by atoms with Gasteiger partial charge in [-0.15, -0.1) is 11.3 Å². The molecule has 0 aliphatic carbocycles. The Balaban J connectivity index is 2.17. The average Bonchev–Trinajstić information content (AvgIpc) is 2.86. The van der Waals surface area contributed by atoms with Crippen LogP contribution in [0.4, 0.5) is 0 Å². The van der Waals surface area contributed by atoms with E-state index in [2.05, 4.69) is 15.1 Å². The summed E-state index contributed by atoms with van der Waals surface area (Å²) in [6, 6.07) is 0. The Kier molecular flexibility index (Phi) is 3.16. The van der Waals surface area contributed by atoms with E-state index in [0.717, 1.165) is 17.3 Å². The molecule has 0 unspecified atom stereocenters. The van der Waals surface area contributed by atoms with Crippen LogP contribution in [0.1, 0.15) is 27.1 Å². The minimum atomic E-state index is -0.382. The second-order valence-electron chi connectivity index (χ2n) is 3.48. The van der Waals surface area contributed by atoms with Crippen LogP contribution in [0.3, 0.4) is 0 Å². The van der Waals surface area contributed by atoms with E-state index in [1.807, 2.05) is 19.3 Å². The fourth-order valence-corrected chi connectivity index (χ4v) is 2.12. The quantitative estimate of drug-likeness (QED) is 0.455. The fraction of sp³-hybridized carbons (Fsp3) is 0.333. The van der Waals surface area contributed by atoms with Crippen LogP contribution < -0.4 is 11.3 Å². The van der Waals surface area contributed by atoms with Crippen molar-refractivity contribution in [2.45, 2.75) is 20.4 Å². The Labute approximate surface area is 102 Å². The van der Waals surface area contributed by atoms with Crippen molar-refractivity contribution >= 4 is 17.2 Å². The lowest BCUT2D eigenvalue weighted by molar-refractivity contribution is 0.0953. The number of aryl methyl sites for hydroxylation is 2. The van der Waals surface area contributed by atoms with Gasteiger partial charge in [-0.1, -0.05) is 0 Å². The molecule has 2 aromatic heterocycles. The number of carbonyl (C=O) groups is 1. The highest BCUT2D eigenvalue weighted by atomic mass is 32.1. The first kappa shape index (κ1) is 11.7. The molecule has 1 amide bonds. The Morgan fingerprint density at radius 3 is 2.88 bits per heavy atom. The van der Waals surface area contributed by atoms with Crippen LogP contribution >= 0.6 is 11.3 Å². The monoisotopic (exact) mass is 252 g/mol. The van der Waals surface area contributed by atoms with Gasteiger partial charge in [-0.25, -0.2) is 20.5 Å². The molecule has 0 bridgehead atoms. The predicted molar refractivity (Wildman–Crippen MR) is 62.4 cm³/mol. The van der Waals surface area contributed by atoms with Gasteiger partial charge in [0.1, 0.15) is 11.6 Å². The fourth-order valence-electron chi connectivity index (χ4n) is 1.41. The SMILES string of the molecule is Cc1nc(C)n(Cc2csc(C(=O)NN)n2)n1. The van der Waals surface area contributed by atoms with Gasteiger partial charge in [0.25, 0.3) is 5.91 Å². The van der Waals surface area contributed by atoms with Crippen LogP contribution in [-0.2, 0) is 6.54 Å². The Bertz CT molecular complexity index is 545. The topological polar surface area (TPSA) is 98.7 Å². The first-order valence-corrected chi connectivity index (χ1v) is 5.81. The van der Waals surface area contributed by atoms with Crippen molar-refractivity contribution in [1.29, 1.82) is 0 Å². The summed E-state index contributed by atoms with van der Waals surface area (Å²) in [6.45, 7) is 4.21. The Morgan fingerprint density at radius 1 is 1.53 bits per heavy atom. The summed E-state index contributed by atoms with van der Waals surface area (Å²) in [5, 5.41) is 6.38. The van der Waals surface area contributed by atoms with Gasteiger partial charge in [0.05, 0.1) is 12.2 Å². The van der Waals surface area contributed by atoms with Gasteiger partial charge in [-0.2, -0.15) is 5.10 Å². The van der Waals surface area contributed by atoms with E-state index in [9.17, 15) is 4.79 Å². The molecule has 8 heteroatoms. The van der Waals surface area contributed by atoms with Crippen LogP contribution in [0.25, 0.3) is 0 Å². The van der Waals surface area contributed by atoms with Crippen LogP contribution in [0.5, 0.6) is 0 Å². The lowest BCUT2D eigenvalue weighted by atomic mass is 10.5. The van der Waals surface area contributed by atoms with Crippen molar-refractivity contribution in [3.05, 3.63) is 27.7 Å². The molecule has 0 atom stereocenters. The molecule has 0 aliphatic heterocycles. The lowest BCUT2D eigenvalue weighted by Crippen LogP contribution is -2.29. The van der Waals surface area contributed by atoms with Gasteiger partial charge >= 0.3 is 0 Å². The third-order valence-electron chi connectivity index (χ3n) is 2.15. The van der Waals surface area contributed by atoms with E-state index in [4.69, 9.17) is 5.84 Å². The second-order valence-corrected chi connectivity index (χ2v) is 4.34. The Hall–Kier alpha value is -1.80. The number of hydrogen-bond donors (Lipinski definition) is 2. The summed E-state index contributed by atoms with van der Waals surface area (Å²) < 4.78 is 1.74. The molecular weight excluding hydrogens is 240 g/mol. The zero-order valence-electron chi connectivity index (χ0n) is 9.47. The molecule has 2 heterocycles. The number of nitrogen functional groups attached to an aromatic ring is 1. The maximum atomic E-state index is 11.2. The number of rotatable bonds is 3. The lowest BCUT2D eigenvalue weighted by Gasteiger charge is -1.98. The summed E-state index contributed by atoms with van der Waals surface area (Å²) in [5.74, 6) is 6.19. The van der Waals surface area contributed by atoms with Crippen molar-refractivity contribution in [2.24, 2.45) is 5.84 Å². The molecule has 0 spiro atoms. The molecule has 2 aromatic rings. The van der Waals surface area contributed by atoms with Crippen LogP contribution in [0, 0.1) is 13.8 Å². The van der Waals surface area contributed by atoms with Crippen molar-refractivity contribution in [3.8, 4) is 0 Å². The molecule has 0 aromatic carbocycles. The third-order valence-corrected chi connectivity index (χ3v) is 3.04. The zero-order chi connectivity index (χ0) is 12.4. The van der Waals surface area contributed by atoms with Gasteiger partial charge < -0.3 is 0 Å². The molecule has 2 rings (SSSR count). The molecule has 3 N–H and O–H groups in total. The largest absolute Gasteiger partial charge is 0.294 e. The minimum Gasteiger partial charge on any atom is -0.288 e. The number of hydrazine groups is 1. The first-order chi connectivity index (χ1) is 8.10. The number of nitrogens with two attached hydrogens (primary N) is 1. The van der Waals surface area contributed by atoms with Crippen molar-refractivity contribution in [2.75, 3.05) is 0 Å². The van der Waals surface area contributed by atoms with Crippen LogP contribution in [0.15, 0.2) is 5.38 Å². The number of hydrogen-bond acceptors (Lipinski definition) is 6. The summed E-state index contributed by atoms with van der Waals surface area (Å²) in [7, 11) is 0. The van der Waals surface area contributed by atoms with Gasteiger partial charge in [0.15, 0.2) is 5.01 Å². The summed E-state index contributed by atoms with van der Waals surface area (Å²) in [6.07, 6.45) is 0. The molecule has 90 valence electrons. The van der Waals surface area contributed by atoms with Gasteiger partial charge in [-0.3, -0.25) is 10.2 Å². The number of aromatic nitrogens is 4. The number of amides is 1. The first-order valence-electron chi connectivity index (χ1n) is 4.93. The highest BCUT2D eigenvalue weighted by molar-refractivity contribution is 7.11. The summed E-state index contributed by atoms with van der Waals surface area (Å²) >= 11 is 1.25. The summed E-state index contributed by atoms with van der Waals surface area (Å²) in [4.78, 5) is 19.6. The van der Waals surface area contributed by atoms with E-state index < -0.39 is 0 Å².